The minimum atomic E-state index is -1.09. The number of carbonyl (C=O) groups is 3. The number of aliphatic hydroxyl groups excluding tert-OH is 1. The van der Waals surface area contributed by atoms with Gasteiger partial charge in [-0.2, -0.15) is 0 Å². The zero-order valence-corrected chi connectivity index (χ0v) is 19.8. The van der Waals surface area contributed by atoms with E-state index in [1.807, 2.05) is 39.0 Å². The number of likely N-dealkylation sites (tertiary alicyclic amines) is 1. The Balaban J connectivity index is 1.71. The molecule has 3 saturated heterocycles. The van der Waals surface area contributed by atoms with Crippen LogP contribution in [0.15, 0.2) is 30.3 Å². The topological polar surface area (TPSA) is 108 Å². The Bertz CT molecular complexity index is 924. The molecule has 1 spiro atoms. The number of rotatable bonds is 8. The number of carbonyl (C=O) groups excluding carboxylic acids is 3. The van der Waals surface area contributed by atoms with Crippen LogP contribution in [-0.4, -0.2) is 64.2 Å². The molecule has 1 aromatic rings. The maximum Gasteiger partial charge on any atom is 0.246 e. The molecule has 2 bridgehead atoms. The zero-order chi connectivity index (χ0) is 24.0. The monoisotopic (exact) mass is 457 g/mol. The van der Waals surface area contributed by atoms with Gasteiger partial charge in [0.25, 0.3) is 0 Å². The number of β-amino-alcohol motifs (C(OH)–C–C–N with tert-alkyl or cyclic N) is 1. The third kappa shape index (κ3) is 3.64. The largest absolute Gasteiger partial charge is 0.395 e. The molecule has 180 valence electrons. The predicted molar refractivity (Wildman–Crippen MR) is 123 cm³/mol. The van der Waals surface area contributed by atoms with Gasteiger partial charge in [0.05, 0.1) is 24.0 Å². The third-order valence-corrected chi connectivity index (χ3v) is 7.84. The van der Waals surface area contributed by atoms with Gasteiger partial charge in [0, 0.05) is 18.3 Å². The molecule has 3 heterocycles. The summed E-state index contributed by atoms with van der Waals surface area (Å²) in [6.45, 7) is 7.65. The number of benzene rings is 1. The molecule has 7 atom stereocenters. The Morgan fingerprint density at radius 3 is 2.61 bits per heavy atom. The molecule has 8 heteroatoms. The van der Waals surface area contributed by atoms with Crippen molar-refractivity contribution >= 4 is 23.4 Å². The fraction of sp³-hybridized carbons (Fsp3) is 0.640. The molecule has 0 radical (unpaired) electrons. The molecule has 4 unspecified atom stereocenters. The molecule has 33 heavy (non-hydrogen) atoms. The fourth-order valence-corrected chi connectivity index (χ4v) is 6.36. The van der Waals surface area contributed by atoms with E-state index in [1.54, 1.807) is 12.1 Å². The van der Waals surface area contributed by atoms with E-state index in [2.05, 4.69) is 17.6 Å². The van der Waals surface area contributed by atoms with Crippen LogP contribution in [0.3, 0.4) is 0 Å². The fourth-order valence-electron chi connectivity index (χ4n) is 6.36. The predicted octanol–water partition coefficient (Wildman–Crippen LogP) is 1.93. The summed E-state index contributed by atoms with van der Waals surface area (Å²) < 4.78 is 6.61. The van der Waals surface area contributed by atoms with Gasteiger partial charge in [0.15, 0.2) is 0 Å². The quantitative estimate of drug-likeness (QED) is 0.553. The van der Waals surface area contributed by atoms with Crippen LogP contribution in [0.4, 0.5) is 5.69 Å². The van der Waals surface area contributed by atoms with E-state index in [9.17, 15) is 19.5 Å². The van der Waals surface area contributed by atoms with Crippen molar-refractivity contribution in [2.45, 2.75) is 70.2 Å². The van der Waals surface area contributed by atoms with Crippen LogP contribution in [0.2, 0.25) is 0 Å². The van der Waals surface area contributed by atoms with Gasteiger partial charge in [-0.1, -0.05) is 38.5 Å². The van der Waals surface area contributed by atoms with E-state index in [1.165, 1.54) is 4.90 Å². The minimum absolute atomic E-state index is 0.0227. The van der Waals surface area contributed by atoms with Crippen LogP contribution in [0.1, 0.15) is 47.0 Å². The van der Waals surface area contributed by atoms with Gasteiger partial charge >= 0.3 is 0 Å². The number of nitrogens with zero attached hydrogens (tertiary/aromatic N) is 1. The van der Waals surface area contributed by atoms with Crippen LogP contribution in [0.5, 0.6) is 0 Å². The normalized spacial score (nSPS) is 35.4. The van der Waals surface area contributed by atoms with E-state index in [4.69, 9.17) is 4.74 Å². The van der Waals surface area contributed by atoms with Gasteiger partial charge in [0.2, 0.25) is 17.7 Å². The lowest BCUT2D eigenvalue weighted by Crippen LogP contribution is -2.57. The van der Waals surface area contributed by atoms with E-state index >= 15 is 0 Å². The lowest BCUT2D eigenvalue weighted by Gasteiger charge is -2.36. The van der Waals surface area contributed by atoms with Gasteiger partial charge in [-0.3, -0.25) is 14.4 Å². The highest BCUT2D eigenvalue weighted by molar-refractivity contribution is 6.02. The number of hydrogen-bond donors (Lipinski definition) is 3. The maximum absolute atomic E-state index is 13.7. The average molecular weight is 458 g/mol. The lowest BCUT2D eigenvalue weighted by atomic mass is 9.62. The van der Waals surface area contributed by atoms with Crippen LogP contribution < -0.4 is 10.6 Å². The molecule has 3 fully saturated rings. The first-order valence-electron chi connectivity index (χ1n) is 12.0. The van der Waals surface area contributed by atoms with Gasteiger partial charge in [-0.25, -0.2) is 0 Å². The van der Waals surface area contributed by atoms with Crippen molar-refractivity contribution < 1.29 is 24.2 Å². The number of nitrogens with one attached hydrogen (secondary N) is 2. The number of amides is 3. The highest BCUT2D eigenvalue weighted by atomic mass is 16.5. The highest BCUT2D eigenvalue weighted by Gasteiger charge is 2.79. The molecule has 0 saturated carbocycles. The van der Waals surface area contributed by atoms with Gasteiger partial charge in [-0.15, -0.1) is 0 Å². The summed E-state index contributed by atoms with van der Waals surface area (Å²) >= 11 is 0. The summed E-state index contributed by atoms with van der Waals surface area (Å²) in [6, 6.07) is 8.21. The van der Waals surface area contributed by atoms with Gasteiger partial charge in [0.1, 0.15) is 11.6 Å². The smallest absolute Gasteiger partial charge is 0.246 e. The SMILES string of the molecule is CCCC(C)NC(=O)C1N(CCO)C(=O)[C@@H]2[C@@H](C(=O)Nc3ccccc3)[C@]3(C)OC12CC3C. The van der Waals surface area contributed by atoms with E-state index in [0.717, 1.165) is 12.8 Å². The first-order valence-corrected chi connectivity index (χ1v) is 12.0. The van der Waals surface area contributed by atoms with Crippen molar-refractivity contribution in [2.24, 2.45) is 17.8 Å². The van der Waals surface area contributed by atoms with E-state index < -0.39 is 29.1 Å². The van der Waals surface area contributed by atoms with Crippen molar-refractivity contribution in [3.8, 4) is 0 Å². The highest BCUT2D eigenvalue weighted by Crippen LogP contribution is 2.65. The number of anilines is 1. The maximum atomic E-state index is 13.7. The summed E-state index contributed by atoms with van der Waals surface area (Å²) in [6.07, 6.45) is 2.25. The molecular formula is C25H35N3O5. The third-order valence-electron chi connectivity index (χ3n) is 7.84. The molecule has 4 rings (SSSR count). The number of fused-ring (bicyclic) bond motifs is 1. The van der Waals surface area contributed by atoms with Crippen LogP contribution in [0.25, 0.3) is 0 Å². The molecule has 3 aliphatic heterocycles. The van der Waals surface area contributed by atoms with Crippen molar-refractivity contribution in [2.75, 3.05) is 18.5 Å². The second-order valence-electron chi connectivity index (χ2n) is 10.0. The van der Waals surface area contributed by atoms with E-state index in [0.29, 0.717) is 12.1 Å². The van der Waals surface area contributed by atoms with Gasteiger partial charge < -0.3 is 25.4 Å². The summed E-state index contributed by atoms with van der Waals surface area (Å²) in [5.74, 6) is -2.38. The Labute approximate surface area is 195 Å². The average Bonchev–Trinajstić information content (AvgIpc) is 3.26. The minimum Gasteiger partial charge on any atom is -0.395 e. The molecule has 0 aliphatic carbocycles. The summed E-state index contributed by atoms with van der Waals surface area (Å²) in [5.41, 5.74) is -1.30. The number of para-hydroxylation sites is 1. The van der Waals surface area contributed by atoms with Crippen molar-refractivity contribution in [1.29, 1.82) is 0 Å². The first-order chi connectivity index (χ1) is 15.7. The Kier molecular flexibility index (Phi) is 6.26. The van der Waals surface area contributed by atoms with Crippen molar-refractivity contribution in [3.63, 3.8) is 0 Å². The number of hydrogen-bond acceptors (Lipinski definition) is 5. The second-order valence-corrected chi connectivity index (χ2v) is 10.0. The Morgan fingerprint density at radius 1 is 1.27 bits per heavy atom. The van der Waals surface area contributed by atoms with Crippen LogP contribution in [-0.2, 0) is 19.1 Å². The lowest BCUT2D eigenvalue weighted by molar-refractivity contribution is -0.147. The molecule has 1 aromatic carbocycles. The number of aliphatic hydroxyl groups is 1. The van der Waals surface area contributed by atoms with Crippen LogP contribution in [0, 0.1) is 17.8 Å². The molecule has 3 aliphatic rings. The van der Waals surface area contributed by atoms with Crippen molar-refractivity contribution in [1.82, 2.24) is 10.2 Å². The summed E-state index contributed by atoms with van der Waals surface area (Å²) in [7, 11) is 0. The second kappa shape index (κ2) is 8.72. The number of ether oxygens (including phenoxy) is 1. The summed E-state index contributed by atoms with van der Waals surface area (Å²) in [4.78, 5) is 42.1. The zero-order valence-electron chi connectivity index (χ0n) is 19.8. The molecular weight excluding hydrogens is 422 g/mol. The first kappa shape index (κ1) is 23.7. The van der Waals surface area contributed by atoms with E-state index in [-0.39, 0.29) is 42.8 Å². The molecule has 3 amide bonds. The summed E-state index contributed by atoms with van der Waals surface area (Å²) in [5, 5.41) is 15.7. The molecule has 0 aromatic heterocycles. The Morgan fingerprint density at radius 2 is 1.97 bits per heavy atom. The molecule has 3 N–H and O–H groups in total. The standard InChI is InChI=1S/C25H35N3O5/c1-5-9-16(3)26-22(31)20-25-14-15(2)24(4,33-25)18(19(25)23(32)28(20)12-13-29)21(30)27-17-10-7-6-8-11-17/h6-8,10-11,15-16,18-20,29H,5,9,12-14H2,1-4H3,(H,26,31)(H,27,30)/t15?,16?,18-,19-,20?,24+,25?/m0/s1. The van der Waals surface area contributed by atoms with Crippen molar-refractivity contribution in [3.05, 3.63) is 30.3 Å². The van der Waals surface area contributed by atoms with Crippen LogP contribution >= 0.6 is 0 Å². The Hall–Kier alpha value is -2.45. The molecule has 8 nitrogen and oxygen atoms in total. The van der Waals surface area contributed by atoms with Gasteiger partial charge in [-0.05, 0) is 44.7 Å².